The maximum absolute atomic E-state index is 11.3. The summed E-state index contributed by atoms with van der Waals surface area (Å²) in [5.41, 5.74) is 0. The Hall–Kier alpha value is -1.12. The summed E-state index contributed by atoms with van der Waals surface area (Å²) in [4.78, 5) is 22.7. The summed E-state index contributed by atoms with van der Waals surface area (Å²) >= 11 is 0. The van der Waals surface area contributed by atoms with Gasteiger partial charge in [0.25, 0.3) is 0 Å². The second-order valence-electron chi connectivity index (χ2n) is 4.08. The molecule has 1 saturated heterocycles. The highest BCUT2D eigenvalue weighted by Crippen LogP contribution is 2.48. The van der Waals surface area contributed by atoms with Crippen LogP contribution in [0, 0.1) is 23.7 Å². The predicted octanol–water partition coefficient (Wildman–Crippen LogP) is 0.898. The molecule has 1 aliphatic heterocycles. The van der Waals surface area contributed by atoms with Crippen LogP contribution < -0.4 is 0 Å². The van der Waals surface area contributed by atoms with Crippen molar-refractivity contribution in [3.63, 3.8) is 0 Å². The van der Waals surface area contributed by atoms with Gasteiger partial charge in [-0.15, -0.1) is 0 Å². The molecule has 4 rings (SSSR count). The fourth-order valence-corrected chi connectivity index (χ4v) is 2.87. The Bertz CT molecular complexity index is 288. The van der Waals surface area contributed by atoms with Crippen molar-refractivity contribution >= 4 is 11.9 Å². The molecule has 1 heterocycles. The van der Waals surface area contributed by atoms with Crippen LogP contribution in [0.4, 0.5) is 0 Å². The molecule has 3 nitrogen and oxygen atoms in total. The summed E-state index contributed by atoms with van der Waals surface area (Å²) in [6.45, 7) is 0. The van der Waals surface area contributed by atoms with E-state index in [2.05, 4.69) is 16.9 Å². The van der Waals surface area contributed by atoms with Crippen LogP contribution in [0.15, 0.2) is 12.2 Å². The minimum Gasteiger partial charge on any atom is -0.393 e. The first kappa shape index (κ1) is 7.30. The van der Waals surface area contributed by atoms with Gasteiger partial charge in [0.2, 0.25) is 0 Å². The smallest absolute Gasteiger partial charge is 0.318 e. The van der Waals surface area contributed by atoms with Crippen LogP contribution in [-0.2, 0) is 14.3 Å². The lowest BCUT2D eigenvalue weighted by atomic mass is 9.63. The van der Waals surface area contributed by atoms with Crippen LogP contribution in [0.5, 0.6) is 0 Å². The van der Waals surface area contributed by atoms with Crippen molar-refractivity contribution in [1.82, 2.24) is 0 Å². The Morgan fingerprint density at radius 3 is 1.85 bits per heavy atom. The number of hydrogen-bond acceptors (Lipinski definition) is 3. The first-order valence-corrected chi connectivity index (χ1v) is 4.71. The molecule has 13 heavy (non-hydrogen) atoms. The monoisotopic (exact) mass is 178 g/mol. The Balaban J connectivity index is 2.07. The van der Waals surface area contributed by atoms with Crippen LogP contribution in [0.25, 0.3) is 0 Å². The molecule has 3 heteroatoms. The van der Waals surface area contributed by atoms with Crippen molar-refractivity contribution in [3.05, 3.63) is 12.2 Å². The van der Waals surface area contributed by atoms with Gasteiger partial charge in [-0.3, -0.25) is 9.59 Å². The molecule has 0 amide bonds. The van der Waals surface area contributed by atoms with Gasteiger partial charge in [0.05, 0.1) is 11.8 Å². The predicted molar refractivity (Wildman–Crippen MR) is 43.4 cm³/mol. The standard InChI is InChI=1S/C10H10O3/c11-9-7-5-1-2-6(4-3-5)8(7)10(12)13-9/h1-2,5-8H,3-4H2/t5-,6-,7-,8-/m0/s1. The minimum atomic E-state index is -0.297. The number of carbonyl (C=O) groups excluding carboxylic acids is 2. The van der Waals surface area contributed by atoms with Crippen molar-refractivity contribution in [2.24, 2.45) is 23.7 Å². The third kappa shape index (κ3) is 0.794. The van der Waals surface area contributed by atoms with E-state index in [1.165, 1.54) is 0 Å². The van der Waals surface area contributed by atoms with Crippen LogP contribution in [0.2, 0.25) is 0 Å². The lowest BCUT2D eigenvalue weighted by Crippen LogP contribution is -2.38. The van der Waals surface area contributed by atoms with E-state index in [4.69, 9.17) is 0 Å². The summed E-state index contributed by atoms with van der Waals surface area (Å²) in [6.07, 6.45) is 6.22. The molecule has 0 aromatic rings. The molecule has 0 aromatic heterocycles. The number of carbonyl (C=O) groups is 2. The first-order valence-electron chi connectivity index (χ1n) is 4.71. The van der Waals surface area contributed by atoms with Gasteiger partial charge in [0, 0.05) is 0 Å². The third-order valence-electron chi connectivity index (χ3n) is 3.49. The number of rotatable bonds is 0. The summed E-state index contributed by atoms with van der Waals surface area (Å²) in [7, 11) is 0. The molecule has 0 unspecified atom stereocenters. The fourth-order valence-electron chi connectivity index (χ4n) is 2.87. The van der Waals surface area contributed by atoms with Crippen molar-refractivity contribution in [1.29, 1.82) is 0 Å². The number of cyclic esters (lactones) is 2. The second kappa shape index (κ2) is 2.22. The van der Waals surface area contributed by atoms with E-state index in [9.17, 15) is 9.59 Å². The molecule has 0 radical (unpaired) electrons. The van der Waals surface area contributed by atoms with E-state index in [1.54, 1.807) is 0 Å². The number of fused-ring (bicyclic) bond motifs is 1. The maximum Gasteiger partial charge on any atom is 0.318 e. The quantitative estimate of drug-likeness (QED) is 0.314. The molecule has 3 aliphatic carbocycles. The average Bonchev–Trinajstić information content (AvgIpc) is 2.47. The third-order valence-corrected chi connectivity index (χ3v) is 3.49. The highest BCUT2D eigenvalue weighted by molar-refractivity contribution is 5.97. The minimum absolute atomic E-state index is 0.156. The number of hydrogen-bond donors (Lipinski definition) is 0. The van der Waals surface area contributed by atoms with Crippen LogP contribution in [0.3, 0.4) is 0 Å². The zero-order valence-electron chi connectivity index (χ0n) is 7.10. The van der Waals surface area contributed by atoms with Crippen molar-refractivity contribution in [2.45, 2.75) is 12.8 Å². The van der Waals surface area contributed by atoms with Crippen LogP contribution >= 0.6 is 0 Å². The Labute approximate surface area is 75.8 Å². The molecule has 4 atom stereocenters. The van der Waals surface area contributed by atoms with E-state index in [1.807, 2.05) is 0 Å². The maximum atomic E-state index is 11.3. The average molecular weight is 178 g/mol. The molecule has 4 aliphatic rings. The number of esters is 2. The Morgan fingerprint density at radius 1 is 1.00 bits per heavy atom. The van der Waals surface area contributed by atoms with E-state index < -0.39 is 0 Å². The zero-order valence-corrected chi connectivity index (χ0v) is 7.10. The molecule has 2 bridgehead atoms. The van der Waals surface area contributed by atoms with Gasteiger partial charge >= 0.3 is 11.9 Å². The van der Waals surface area contributed by atoms with Crippen LogP contribution in [0.1, 0.15) is 12.8 Å². The Morgan fingerprint density at radius 2 is 1.46 bits per heavy atom. The van der Waals surface area contributed by atoms with Gasteiger partial charge in [-0.2, -0.15) is 0 Å². The normalized spacial score (nSPS) is 46.5. The van der Waals surface area contributed by atoms with Gasteiger partial charge in [-0.25, -0.2) is 0 Å². The van der Waals surface area contributed by atoms with Gasteiger partial charge < -0.3 is 4.74 Å². The van der Waals surface area contributed by atoms with E-state index >= 15 is 0 Å². The van der Waals surface area contributed by atoms with Gasteiger partial charge in [-0.05, 0) is 24.7 Å². The van der Waals surface area contributed by atoms with Gasteiger partial charge in [0.1, 0.15) is 0 Å². The molecule has 0 spiro atoms. The van der Waals surface area contributed by atoms with Crippen LogP contribution in [-0.4, -0.2) is 11.9 Å². The SMILES string of the molecule is O=C1OC(=O)[C@@H]2[C@@H]1[C@H]1C=C[C@H]2CC1. The molecule has 1 saturated carbocycles. The fraction of sp³-hybridized carbons (Fsp3) is 0.600. The summed E-state index contributed by atoms with van der Waals surface area (Å²) < 4.78 is 4.67. The van der Waals surface area contributed by atoms with Crippen molar-refractivity contribution in [3.8, 4) is 0 Å². The lowest BCUT2D eigenvalue weighted by molar-refractivity contribution is -0.154. The topological polar surface area (TPSA) is 43.4 Å². The molecule has 0 N–H and O–H groups in total. The molecular formula is C10H10O3. The van der Waals surface area contributed by atoms with Crippen molar-refractivity contribution in [2.75, 3.05) is 0 Å². The highest BCUT2D eigenvalue weighted by atomic mass is 16.6. The highest BCUT2D eigenvalue weighted by Gasteiger charge is 2.54. The number of ether oxygens (including phenoxy) is 1. The van der Waals surface area contributed by atoms with Gasteiger partial charge in [0.15, 0.2) is 0 Å². The van der Waals surface area contributed by atoms with Crippen molar-refractivity contribution < 1.29 is 14.3 Å². The largest absolute Gasteiger partial charge is 0.393 e. The molecule has 68 valence electrons. The van der Waals surface area contributed by atoms with E-state index in [-0.39, 0.29) is 35.6 Å². The summed E-state index contributed by atoms with van der Waals surface area (Å²) in [5, 5.41) is 0. The lowest BCUT2D eigenvalue weighted by Gasteiger charge is -2.37. The van der Waals surface area contributed by atoms with E-state index in [0.717, 1.165) is 12.8 Å². The molecule has 0 aromatic carbocycles. The Kier molecular flexibility index (Phi) is 1.25. The van der Waals surface area contributed by atoms with E-state index in [0.29, 0.717) is 0 Å². The van der Waals surface area contributed by atoms with Gasteiger partial charge in [-0.1, -0.05) is 12.2 Å². The summed E-state index contributed by atoms with van der Waals surface area (Å²) in [6, 6.07) is 0. The second-order valence-corrected chi connectivity index (χ2v) is 4.08. The molecular weight excluding hydrogens is 168 g/mol. The number of allylic oxidation sites excluding steroid dienone is 2. The first-order chi connectivity index (χ1) is 6.27. The summed E-state index contributed by atoms with van der Waals surface area (Å²) in [5.74, 6) is -0.390. The zero-order chi connectivity index (χ0) is 9.00. The molecule has 2 fully saturated rings.